The Hall–Kier alpha value is -2.61. The van der Waals surface area contributed by atoms with Crippen LogP contribution in [0.5, 0.6) is 5.75 Å². The second-order valence-corrected chi connectivity index (χ2v) is 5.02. The fourth-order valence-electron chi connectivity index (χ4n) is 1.88. The van der Waals surface area contributed by atoms with Crippen molar-refractivity contribution < 1.29 is 23.8 Å². The lowest BCUT2D eigenvalue weighted by Crippen LogP contribution is -2.35. The number of carboxylic acid groups (broad SMARTS) is 1. The first-order chi connectivity index (χ1) is 11.0. The van der Waals surface area contributed by atoms with Gasteiger partial charge in [0.1, 0.15) is 12.0 Å². The van der Waals surface area contributed by atoms with Gasteiger partial charge in [0, 0.05) is 12.6 Å². The van der Waals surface area contributed by atoms with Gasteiger partial charge in [-0.1, -0.05) is 24.9 Å². The fraction of sp³-hybridized carbons (Fsp3) is 0.200. The van der Waals surface area contributed by atoms with Crippen molar-refractivity contribution in [2.45, 2.75) is 6.42 Å². The predicted octanol–water partition coefficient (Wildman–Crippen LogP) is 2.59. The molecule has 2 aromatic rings. The fourth-order valence-corrected chi connectivity index (χ4v) is 2.06. The molecule has 2 amide bonds. The van der Waals surface area contributed by atoms with Crippen LogP contribution < -0.4 is 14.4 Å². The molecule has 122 valence electrons. The lowest BCUT2D eigenvalue weighted by molar-refractivity contribution is 0.0662. The summed E-state index contributed by atoms with van der Waals surface area (Å²) in [5, 5.41) is 11.5. The van der Waals surface area contributed by atoms with E-state index in [1.807, 2.05) is 24.3 Å². The van der Waals surface area contributed by atoms with Gasteiger partial charge in [-0.25, -0.2) is 13.9 Å². The molecule has 0 bridgehead atoms. The summed E-state index contributed by atoms with van der Waals surface area (Å²) in [7, 11) is 1.59. The van der Waals surface area contributed by atoms with Crippen molar-refractivity contribution in [1.29, 1.82) is 0 Å². The molecule has 0 radical (unpaired) electrons. The summed E-state index contributed by atoms with van der Waals surface area (Å²) in [6.45, 7) is 0.396. The molecule has 0 aliphatic carbocycles. The monoisotopic (exact) mass is 336 g/mol. The number of furan rings is 1. The van der Waals surface area contributed by atoms with E-state index in [0.717, 1.165) is 21.9 Å². The zero-order chi connectivity index (χ0) is 16.8. The summed E-state index contributed by atoms with van der Waals surface area (Å²) in [5.74, 6) is -0.719. The minimum atomic E-state index is -1.21. The average molecular weight is 336 g/mol. The summed E-state index contributed by atoms with van der Waals surface area (Å²) in [5.41, 5.74) is 1.26. The van der Waals surface area contributed by atoms with Crippen LogP contribution >= 0.6 is 12.8 Å². The number of urea groups is 1. The van der Waals surface area contributed by atoms with Gasteiger partial charge in [0.15, 0.2) is 0 Å². The van der Waals surface area contributed by atoms with Crippen LogP contribution in [0.1, 0.15) is 16.1 Å². The van der Waals surface area contributed by atoms with Gasteiger partial charge in [0.05, 0.1) is 12.8 Å². The van der Waals surface area contributed by atoms with E-state index in [1.165, 1.54) is 6.07 Å². The Balaban J connectivity index is 1.87. The van der Waals surface area contributed by atoms with E-state index in [1.54, 1.807) is 7.11 Å². The zero-order valence-corrected chi connectivity index (χ0v) is 13.2. The van der Waals surface area contributed by atoms with E-state index >= 15 is 0 Å². The third-order valence-electron chi connectivity index (χ3n) is 3.06. The molecule has 1 aromatic heterocycles. The molecule has 2 N–H and O–H groups in total. The number of aromatic carboxylic acids is 1. The molecule has 0 spiro atoms. The summed E-state index contributed by atoms with van der Waals surface area (Å²) >= 11 is 4.04. The van der Waals surface area contributed by atoms with Crippen molar-refractivity contribution in [3.05, 3.63) is 47.9 Å². The Morgan fingerprint density at radius 3 is 2.83 bits per heavy atom. The quantitative estimate of drug-likeness (QED) is 0.705. The number of thiol groups is 1. The SMILES string of the molecule is COc1cccc(CCNC(=O)N(S)c2coc(C(=O)O)c2)c1. The van der Waals surface area contributed by atoms with Crippen molar-refractivity contribution in [2.24, 2.45) is 0 Å². The number of rotatable bonds is 6. The number of hydrogen-bond acceptors (Lipinski definition) is 5. The second-order valence-electron chi connectivity index (χ2n) is 4.62. The summed E-state index contributed by atoms with van der Waals surface area (Å²) in [4.78, 5) is 22.7. The largest absolute Gasteiger partial charge is 0.497 e. The van der Waals surface area contributed by atoms with Gasteiger partial charge in [0.25, 0.3) is 0 Å². The van der Waals surface area contributed by atoms with E-state index in [4.69, 9.17) is 14.3 Å². The number of nitrogens with one attached hydrogen (secondary N) is 1. The smallest absolute Gasteiger partial charge is 0.371 e. The summed E-state index contributed by atoms with van der Waals surface area (Å²) in [6, 6.07) is 8.28. The third kappa shape index (κ3) is 4.43. The first-order valence-electron chi connectivity index (χ1n) is 6.73. The van der Waals surface area contributed by atoms with Crippen LogP contribution in [-0.4, -0.2) is 30.8 Å². The Kier molecular flexibility index (Phi) is 5.53. The van der Waals surface area contributed by atoms with Crippen LogP contribution in [0.3, 0.4) is 0 Å². The number of amides is 2. The number of ether oxygens (including phenoxy) is 1. The van der Waals surface area contributed by atoms with Crippen LogP contribution in [0.4, 0.5) is 10.5 Å². The van der Waals surface area contributed by atoms with E-state index in [2.05, 4.69) is 18.1 Å². The van der Waals surface area contributed by atoms with Crippen molar-refractivity contribution >= 4 is 30.5 Å². The van der Waals surface area contributed by atoms with E-state index in [-0.39, 0.29) is 11.4 Å². The minimum absolute atomic E-state index is 0.240. The molecule has 0 fully saturated rings. The number of nitrogens with zero attached hydrogens (tertiary/aromatic N) is 1. The maximum absolute atomic E-state index is 12.0. The van der Waals surface area contributed by atoms with Gasteiger partial charge >= 0.3 is 12.0 Å². The summed E-state index contributed by atoms with van der Waals surface area (Å²) < 4.78 is 10.9. The Morgan fingerprint density at radius 2 is 2.17 bits per heavy atom. The standard InChI is InChI=1S/C15H16N2O5S/c1-21-12-4-2-3-10(7-12)5-6-16-15(20)17(23)11-8-13(14(18)19)22-9-11/h2-4,7-9,23H,5-6H2,1H3,(H,16,20)(H,18,19). The van der Waals surface area contributed by atoms with Crippen LogP contribution in [0.25, 0.3) is 0 Å². The molecular weight excluding hydrogens is 320 g/mol. The minimum Gasteiger partial charge on any atom is -0.497 e. The normalized spacial score (nSPS) is 10.2. The van der Waals surface area contributed by atoms with Crippen molar-refractivity contribution in [2.75, 3.05) is 18.0 Å². The topological polar surface area (TPSA) is 92.0 Å². The molecule has 23 heavy (non-hydrogen) atoms. The van der Waals surface area contributed by atoms with Crippen LogP contribution in [-0.2, 0) is 6.42 Å². The number of carbonyl (C=O) groups is 2. The maximum atomic E-state index is 12.0. The number of anilines is 1. The van der Waals surface area contributed by atoms with Crippen molar-refractivity contribution in [3.8, 4) is 5.75 Å². The van der Waals surface area contributed by atoms with Crippen LogP contribution in [0.2, 0.25) is 0 Å². The highest BCUT2D eigenvalue weighted by Crippen LogP contribution is 2.20. The van der Waals surface area contributed by atoms with Gasteiger partial charge in [-0.05, 0) is 24.1 Å². The molecule has 0 aliphatic rings. The average Bonchev–Trinajstić information content (AvgIpc) is 3.04. The van der Waals surface area contributed by atoms with Crippen molar-refractivity contribution in [3.63, 3.8) is 0 Å². The highest BCUT2D eigenvalue weighted by Gasteiger charge is 2.17. The van der Waals surface area contributed by atoms with Gasteiger partial charge in [0.2, 0.25) is 5.76 Å². The molecule has 0 atom stereocenters. The predicted molar refractivity (Wildman–Crippen MR) is 87.2 cm³/mol. The van der Waals surface area contributed by atoms with Gasteiger partial charge < -0.3 is 19.6 Å². The highest BCUT2D eigenvalue weighted by atomic mass is 32.1. The molecule has 0 unspecified atom stereocenters. The van der Waals surface area contributed by atoms with Crippen LogP contribution in [0, 0.1) is 0 Å². The third-order valence-corrected chi connectivity index (χ3v) is 3.47. The number of benzene rings is 1. The number of carboxylic acids is 1. The first kappa shape index (κ1) is 16.8. The molecular formula is C15H16N2O5S. The Bertz CT molecular complexity index is 701. The van der Waals surface area contributed by atoms with Gasteiger partial charge in [-0.15, -0.1) is 0 Å². The molecule has 0 saturated carbocycles. The first-order valence-corrected chi connectivity index (χ1v) is 7.13. The van der Waals surface area contributed by atoms with Crippen LogP contribution in [0.15, 0.2) is 41.0 Å². The molecule has 1 aromatic carbocycles. The second kappa shape index (κ2) is 7.59. The highest BCUT2D eigenvalue weighted by molar-refractivity contribution is 7.82. The van der Waals surface area contributed by atoms with Crippen molar-refractivity contribution in [1.82, 2.24) is 5.32 Å². The van der Waals surface area contributed by atoms with Gasteiger partial charge in [-0.2, -0.15) is 0 Å². The van der Waals surface area contributed by atoms with E-state index < -0.39 is 12.0 Å². The summed E-state index contributed by atoms with van der Waals surface area (Å²) in [6.07, 6.45) is 1.77. The molecule has 7 nitrogen and oxygen atoms in total. The maximum Gasteiger partial charge on any atom is 0.371 e. The van der Waals surface area contributed by atoms with E-state index in [0.29, 0.717) is 13.0 Å². The Morgan fingerprint density at radius 1 is 1.39 bits per heavy atom. The number of carbonyl (C=O) groups excluding carboxylic acids is 1. The Labute approximate surface area is 138 Å². The number of methoxy groups -OCH3 is 1. The zero-order valence-electron chi connectivity index (χ0n) is 12.4. The lowest BCUT2D eigenvalue weighted by atomic mass is 10.1. The molecule has 1 heterocycles. The lowest BCUT2D eigenvalue weighted by Gasteiger charge is -2.14. The number of hydrogen-bond donors (Lipinski definition) is 3. The molecule has 8 heteroatoms. The molecule has 2 rings (SSSR count). The molecule has 0 saturated heterocycles. The van der Waals surface area contributed by atoms with Gasteiger partial charge in [-0.3, -0.25) is 0 Å². The molecule has 0 aliphatic heterocycles. The van der Waals surface area contributed by atoms with E-state index in [9.17, 15) is 9.59 Å².